The lowest BCUT2D eigenvalue weighted by atomic mass is 10.2. The van der Waals surface area contributed by atoms with E-state index < -0.39 is 11.7 Å². The van der Waals surface area contributed by atoms with Crippen molar-refractivity contribution in [1.29, 1.82) is 0 Å². The van der Waals surface area contributed by atoms with Crippen molar-refractivity contribution in [1.82, 2.24) is 4.98 Å². The number of aromatic amines is 1. The van der Waals surface area contributed by atoms with Crippen LogP contribution in [0.15, 0.2) is 34.8 Å². The van der Waals surface area contributed by atoms with Crippen molar-refractivity contribution in [2.45, 2.75) is 0 Å². The minimum Gasteiger partial charge on any atom is -0.496 e. The maximum atomic E-state index is 14.0. The monoisotopic (exact) mass is 422 g/mol. The number of hydrogen-bond acceptors (Lipinski definition) is 4. The molecule has 0 saturated carbocycles. The number of rotatable bonds is 5. The van der Waals surface area contributed by atoms with Crippen LogP contribution < -0.4 is 19.5 Å². The third-order valence-electron chi connectivity index (χ3n) is 3.86. The second-order valence-corrected chi connectivity index (χ2v) is 6.28. The average Bonchev–Trinajstić information content (AvgIpc) is 3.07. The molecule has 136 valence electrons. The van der Waals surface area contributed by atoms with E-state index in [2.05, 4.69) is 26.2 Å². The molecule has 0 atom stereocenters. The number of nitrogens with one attached hydrogen (secondary N) is 2. The Kier molecular flexibility index (Phi) is 5.03. The summed E-state index contributed by atoms with van der Waals surface area (Å²) < 4.78 is 30.6. The van der Waals surface area contributed by atoms with Crippen LogP contribution in [0, 0.1) is 5.82 Å². The molecule has 1 aromatic heterocycles. The second kappa shape index (κ2) is 7.25. The summed E-state index contributed by atoms with van der Waals surface area (Å²) in [7, 11) is 4.53. The fraction of sp³-hybridized carbons (Fsp3) is 0.167. The zero-order valence-corrected chi connectivity index (χ0v) is 15.9. The van der Waals surface area contributed by atoms with E-state index in [9.17, 15) is 9.18 Å². The number of fused-ring (bicyclic) bond motifs is 1. The van der Waals surface area contributed by atoms with E-state index in [0.29, 0.717) is 32.6 Å². The molecule has 3 rings (SSSR count). The molecule has 0 aliphatic carbocycles. The molecule has 0 unspecified atom stereocenters. The molecule has 0 saturated heterocycles. The van der Waals surface area contributed by atoms with E-state index in [1.54, 1.807) is 18.2 Å². The number of anilines is 1. The topological polar surface area (TPSA) is 72.6 Å². The highest BCUT2D eigenvalue weighted by molar-refractivity contribution is 9.10. The number of benzene rings is 2. The van der Waals surface area contributed by atoms with Gasteiger partial charge in [0.2, 0.25) is 0 Å². The Hall–Kier alpha value is -2.74. The smallest absolute Gasteiger partial charge is 0.272 e. The Bertz CT molecular complexity index is 987. The van der Waals surface area contributed by atoms with E-state index in [4.69, 9.17) is 14.2 Å². The molecule has 1 heterocycles. The number of amides is 1. The first-order chi connectivity index (χ1) is 12.5. The van der Waals surface area contributed by atoms with Crippen LogP contribution in [0.5, 0.6) is 17.2 Å². The van der Waals surface area contributed by atoms with Crippen LogP contribution in [-0.2, 0) is 0 Å². The number of methoxy groups -OCH3 is 3. The van der Waals surface area contributed by atoms with Crippen molar-refractivity contribution in [2.24, 2.45) is 0 Å². The Morgan fingerprint density at radius 1 is 1.08 bits per heavy atom. The first kappa shape index (κ1) is 18.1. The molecule has 0 aliphatic heterocycles. The Morgan fingerprint density at radius 2 is 1.81 bits per heavy atom. The Balaban J connectivity index is 2.04. The second-order valence-electron chi connectivity index (χ2n) is 5.36. The van der Waals surface area contributed by atoms with Gasteiger partial charge in [-0.1, -0.05) is 15.9 Å². The number of H-pyrrole nitrogens is 1. The van der Waals surface area contributed by atoms with Crippen molar-refractivity contribution >= 4 is 38.4 Å². The fourth-order valence-corrected chi connectivity index (χ4v) is 2.97. The van der Waals surface area contributed by atoms with Gasteiger partial charge < -0.3 is 24.5 Å². The number of halogens is 2. The van der Waals surface area contributed by atoms with Gasteiger partial charge in [-0.25, -0.2) is 4.39 Å². The summed E-state index contributed by atoms with van der Waals surface area (Å²) in [6.45, 7) is 0. The van der Waals surface area contributed by atoms with Crippen molar-refractivity contribution in [3.8, 4) is 17.2 Å². The van der Waals surface area contributed by atoms with E-state index >= 15 is 0 Å². The van der Waals surface area contributed by atoms with Gasteiger partial charge in [-0.2, -0.15) is 0 Å². The predicted molar refractivity (Wildman–Crippen MR) is 100 cm³/mol. The molecule has 2 N–H and O–H groups in total. The Morgan fingerprint density at radius 3 is 2.42 bits per heavy atom. The van der Waals surface area contributed by atoms with Gasteiger partial charge >= 0.3 is 0 Å². The summed E-state index contributed by atoms with van der Waals surface area (Å²) in [4.78, 5) is 15.5. The van der Waals surface area contributed by atoms with Crippen LogP contribution in [0.3, 0.4) is 0 Å². The highest BCUT2D eigenvalue weighted by Gasteiger charge is 2.20. The molecule has 3 aromatic rings. The van der Waals surface area contributed by atoms with E-state index in [1.165, 1.54) is 33.5 Å². The summed E-state index contributed by atoms with van der Waals surface area (Å²) in [5, 5.41) is 3.18. The molecular formula is C18H16BrFN2O4. The molecular weight excluding hydrogens is 407 g/mol. The number of hydrogen-bond donors (Lipinski definition) is 2. The van der Waals surface area contributed by atoms with Crippen LogP contribution >= 0.6 is 15.9 Å². The molecule has 2 aromatic carbocycles. The number of carbonyl (C=O) groups is 1. The Labute approximate surface area is 157 Å². The van der Waals surface area contributed by atoms with Gasteiger partial charge in [0, 0.05) is 15.9 Å². The largest absolute Gasteiger partial charge is 0.496 e. The molecule has 8 heteroatoms. The maximum absolute atomic E-state index is 14.0. The minimum atomic E-state index is -0.541. The molecule has 6 nitrogen and oxygen atoms in total. The van der Waals surface area contributed by atoms with Crippen molar-refractivity contribution in [3.05, 3.63) is 46.3 Å². The van der Waals surface area contributed by atoms with Crippen LogP contribution in [0.25, 0.3) is 10.9 Å². The first-order valence-corrected chi connectivity index (χ1v) is 8.35. The molecule has 0 bridgehead atoms. The number of aromatic nitrogens is 1. The molecule has 1 amide bonds. The quantitative estimate of drug-likeness (QED) is 0.640. The van der Waals surface area contributed by atoms with Gasteiger partial charge in [-0.15, -0.1) is 0 Å². The van der Waals surface area contributed by atoms with Crippen molar-refractivity contribution < 1.29 is 23.4 Å². The van der Waals surface area contributed by atoms with Crippen molar-refractivity contribution in [3.63, 3.8) is 0 Å². The zero-order valence-electron chi connectivity index (χ0n) is 14.3. The van der Waals surface area contributed by atoms with Gasteiger partial charge in [0.1, 0.15) is 17.3 Å². The molecule has 0 aliphatic rings. The summed E-state index contributed by atoms with van der Waals surface area (Å²) in [6.07, 6.45) is 0. The summed E-state index contributed by atoms with van der Waals surface area (Å²) in [5.41, 5.74) is 0.852. The lowest BCUT2D eigenvalue weighted by molar-refractivity contribution is 0.102. The van der Waals surface area contributed by atoms with E-state index in [0.717, 1.165) is 0 Å². The number of ether oxygens (including phenoxy) is 3. The lowest BCUT2D eigenvalue weighted by Gasteiger charge is -2.11. The van der Waals surface area contributed by atoms with Gasteiger partial charge in [0.05, 0.1) is 32.5 Å². The predicted octanol–water partition coefficient (Wildman–Crippen LogP) is 4.35. The van der Waals surface area contributed by atoms with Crippen LogP contribution in [0.4, 0.5) is 10.1 Å². The molecule has 26 heavy (non-hydrogen) atoms. The first-order valence-electron chi connectivity index (χ1n) is 7.56. The van der Waals surface area contributed by atoms with E-state index in [1.807, 2.05) is 0 Å². The summed E-state index contributed by atoms with van der Waals surface area (Å²) in [6, 6.07) is 7.68. The van der Waals surface area contributed by atoms with Crippen LogP contribution in [0.1, 0.15) is 10.5 Å². The third-order valence-corrected chi connectivity index (χ3v) is 4.36. The van der Waals surface area contributed by atoms with Crippen LogP contribution in [0.2, 0.25) is 0 Å². The van der Waals surface area contributed by atoms with Gasteiger partial charge in [-0.05, 0) is 24.3 Å². The lowest BCUT2D eigenvalue weighted by Crippen LogP contribution is -2.13. The summed E-state index contributed by atoms with van der Waals surface area (Å²) in [5.74, 6) is 0.385. The third kappa shape index (κ3) is 3.20. The highest BCUT2D eigenvalue weighted by Crippen LogP contribution is 2.41. The zero-order chi connectivity index (χ0) is 18.8. The maximum Gasteiger partial charge on any atom is 0.272 e. The highest BCUT2D eigenvalue weighted by atomic mass is 79.9. The molecule has 0 fully saturated rings. The van der Waals surface area contributed by atoms with Gasteiger partial charge in [-0.3, -0.25) is 4.79 Å². The molecule has 0 radical (unpaired) electrons. The van der Waals surface area contributed by atoms with Crippen LogP contribution in [-0.4, -0.2) is 32.2 Å². The fourth-order valence-electron chi connectivity index (χ4n) is 2.64. The molecule has 0 spiro atoms. The normalized spacial score (nSPS) is 10.7. The minimum absolute atomic E-state index is 0.0772. The van der Waals surface area contributed by atoms with Gasteiger partial charge in [0.25, 0.3) is 5.91 Å². The van der Waals surface area contributed by atoms with Crippen molar-refractivity contribution in [2.75, 3.05) is 26.6 Å². The standard InChI is InChI=1S/C18H16BrFN2O4/c1-24-14-8-15(25-2)17(26-3)16-10(14)7-13(21-16)18(23)22-12-5-4-9(19)6-11(12)20/h4-8,21H,1-3H3,(H,22,23). The summed E-state index contributed by atoms with van der Waals surface area (Å²) >= 11 is 3.18. The average molecular weight is 423 g/mol. The number of carbonyl (C=O) groups excluding carboxylic acids is 1. The SMILES string of the molecule is COc1cc(OC)c2cc(C(=O)Nc3ccc(Br)cc3F)[nH]c2c1OC. The van der Waals surface area contributed by atoms with E-state index in [-0.39, 0.29) is 11.4 Å². The van der Waals surface area contributed by atoms with Gasteiger partial charge in [0.15, 0.2) is 11.5 Å².